The fourth-order valence-electron chi connectivity index (χ4n) is 2.34. The lowest BCUT2D eigenvalue weighted by Crippen LogP contribution is -2.20. The second-order valence-corrected chi connectivity index (χ2v) is 4.05. The van der Waals surface area contributed by atoms with Gasteiger partial charge in [-0.2, -0.15) is 5.10 Å². The van der Waals surface area contributed by atoms with E-state index in [1.807, 2.05) is 6.21 Å². The largest absolute Gasteiger partial charge is 0.449 e. The molecule has 4 nitrogen and oxygen atoms in total. The van der Waals surface area contributed by atoms with Gasteiger partial charge < -0.3 is 4.74 Å². The molecule has 0 aromatic heterocycles. The third-order valence-electron chi connectivity index (χ3n) is 3.03. The van der Waals surface area contributed by atoms with Crippen molar-refractivity contribution in [2.75, 3.05) is 6.61 Å². The molecule has 0 radical (unpaired) electrons. The standard InChI is InChI=1S/C11H16N2O2/c1-2-15-11(14)13-12-7-10-6-8-3-4-9(10)5-8/h3-4,7-10H,2,5-6H2,1H3,(H,13,14)/b12-7+. The van der Waals surface area contributed by atoms with E-state index < -0.39 is 6.09 Å². The molecule has 0 heterocycles. The first-order valence-corrected chi connectivity index (χ1v) is 5.44. The summed E-state index contributed by atoms with van der Waals surface area (Å²) in [4.78, 5) is 10.9. The zero-order valence-corrected chi connectivity index (χ0v) is 8.85. The number of nitrogens with zero attached hydrogens (tertiary/aromatic N) is 1. The molecule has 3 unspecified atom stereocenters. The SMILES string of the molecule is CCOC(=O)N/N=C/C1CC2C=CC1C2. The quantitative estimate of drug-likeness (QED) is 0.437. The Morgan fingerprint density at radius 2 is 2.47 bits per heavy atom. The minimum Gasteiger partial charge on any atom is -0.449 e. The number of ether oxygens (including phenoxy) is 1. The molecule has 0 saturated heterocycles. The van der Waals surface area contributed by atoms with Crippen molar-refractivity contribution in [3.8, 4) is 0 Å². The molecule has 82 valence electrons. The van der Waals surface area contributed by atoms with Crippen LogP contribution in [0.4, 0.5) is 4.79 Å². The molecule has 1 amide bonds. The highest BCUT2D eigenvalue weighted by atomic mass is 16.5. The van der Waals surface area contributed by atoms with Crippen LogP contribution < -0.4 is 5.43 Å². The Labute approximate surface area is 89.4 Å². The van der Waals surface area contributed by atoms with Crippen LogP contribution in [0.1, 0.15) is 19.8 Å². The monoisotopic (exact) mass is 208 g/mol. The van der Waals surface area contributed by atoms with Gasteiger partial charge in [0.05, 0.1) is 6.61 Å². The number of amides is 1. The second-order valence-electron chi connectivity index (χ2n) is 4.05. The maximum absolute atomic E-state index is 10.9. The molecular weight excluding hydrogens is 192 g/mol. The van der Waals surface area contributed by atoms with Gasteiger partial charge >= 0.3 is 6.09 Å². The van der Waals surface area contributed by atoms with Gasteiger partial charge in [-0.05, 0) is 31.6 Å². The van der Waals surface area contributed by atoms with Gasteiger partial charge in [0.25, 0.3) is 0 Å². The molecule has 4 heteroatoms. The van der Waals surface area contributed by atoms with Crippen LogP contribution in [0.2, 0.25) is 0 Å². The highest BCUT2D eigenvalue weighted by Gasteiger charge is 2.34. The molecule has 1 fully saturated rings. The molecular formula is C11H16N2O2. The van der Waals surface area contributed by atoms with Gasteiger partial charge in [-0.3, -0.25) is 0 Å². The maximum Gasteiger partial charge on any atom is 0.427 e. The smallest absolute Gasteiger partial charge is 0.427 e. The molecule has 3 atom stereocenters. The van der Waals surface area contributed by atoms with Gasteiger partial charge in [-0.15, -0.1) is 0 Å². The van der Waals surface area contributed by atoms with Crippen LogP contribution in [0.3, 0.4) is 0 Å². The third kappa shape index (κ3) is 2.37. The van der Waals surface area contributed by atoms with E-state index in [0.717, 1.165) is 12.3 Å². The summed E-state index contributed by atoms with van der Waals surface area (Å²) in [6.45, 7) is 2.14. The molecule has 0 aliphatic heterocycles. The molecule has 2 bridgehead atoms. The molecule has 1 saturated carbocycles. The van der Waals surface area contributed by atoms with E-state index in [9.17, 15) is 4.79 Å². The number of nitrogens with one attached hydrogen (secondary N) is 1. The van der Waals surface area contributed by atoms with E-state index in [2.05, 4.69) is 22.7 Å². The molecule has 15 heavy (non-hydrogen) atoms. The Morgan fingerprint density at radius 1 is 1.60 bits per heavy atom. The molecule has 2 rings (SSSR count). The number of carbonyl (C=O) groups excluding carboxylic acids is 1. The number of hydrogen-bond acceptors (Lipinski definition) is 3. The predicted octanol–water partition coefficient (Wildman–Crippen LogP) is 1.93. The van der Waals surface area contributed by atoms with Crippen LogP contribution in [-0.2, 0) is 4.74 Å². The van der Waals surface area contributed by atoms with Gasteiger partial charge in [0, 0.05) is 12.1 Å². The van der Waals surface area contributed by atoms with Crippen molar-refractivity contribution in [3.63, 3.8) is 0 Å². The summed E-state index contributed by atoms with van der Waals surface area (Å²) in [5.41, 5.74) is 2.35. The zero-order chi connectivity index (χ0) is 10.7. The van der Waals surface area contributed by atoms with Crippen LogP contribution in [0, 0.1) is 17.8 Å². The normalized spacial score (nSPS) is 32.5. The minimum absolute atomic E-state index is 0.373. The lowest BCUT2D eigenvalue weighted by molar-refractivity contribution is 0.152. The van der Waals surface area contributed by atoms with Crippen LogP contribution in [-0.4, -0.2) is 18.9 Å². The van der Waals surface area contributed by atoms with Crippen molar-refractivity contribution in [2.45, 2.75) is 19.8 Å². The number of fused-ring (bicyclic) bond motifs is 2. The van der Waals surface area contributed by atoms with Crippen LogP contribution >= 0.6 is 0 Å². The van der Waals surface area contributed by atoms with Gasteiger partial charge in [-0.1, -0.05) is 12.2 Å². The van der Waals surface area contributed by atoms with E-state index in [1.54, 1.807) is 6.92 Å². The predicted molar refractivity (Wildman–Crippen MR) is 57.5 cm³/mol. The lowest BCUT2D eigenvalue weighted by atomic mass is 9.95. The van der Waals surface area contributed by atoms with Gasteiger partial charge in [0.15, 0.2) is 0 Å². The molecule has 2 aliphatic carbocycles. The van der Waals surface area contributed by atoms with Crippen molar-refractivity contribution in [1.82, 2.24) is 5.43 Å². The van der Waals surface area contributed by atoms with Crippen molar-refractivity contribution in [3.05, 3.63) is 12.2 Å². The van der Waals surface area contributed by atoms with Crippen molar-refractivity contribution >= 4 is 12.3 Å². The van der Waals surface area contributed by atoms with Gasteiger partial charge in [-0.25, -0.2) is 10.2 Å². The highest BCUT2D eigenvalue weighted by molar-refractivity contribution is 5.70. The van der Waals surface area contributed by atoms with Crippen molar-refractivity contribution in [2.24, 2.45) is 22.9 Å². The summed E-state index contributed by atoms with van der Waals surface area (Å²) in [7, 11) is 0. The van der Waals surface area contributed by atoms with Crippen molar-refractivity contribution < 1.29 is 9.53 Å². The Balaban J connectivity index is 1.75. The fraction of sp³-hybridized carbons (Fsp3) is 0.636. The topological polar surface area (TPSA) is 50.7 Å². The Morgan fingerprint density at radius 3 is 3.07 bits per heavy atom. The summed E-state index contributed by atoms with van der Waals surface area (Å²) in [6.07, 6.45) is 8.31. The van der Waals surface area contributed by atoms with E-state index in [-0.39, 0.29) is 0 Å². The van der Waals surface area contributed by atoms with E-state index >= 15 is 0 Å². The van der Waals surface area contributed by atoms with Crippen LogP contribution in [0.15, 0.2) is 17.3 Å². The van der Waals surface area contributed by atoms with Crippen LogP contribution in [0.5, 0.6) is 0 Å². The molecule has 0 aromatic carbocycles. The van der Waals surface area contributed by atoms with E-state index in [1.165, 1.54) is 6.42 Å². The summed E-state index contributed by atoms with van der Waals surface area (Å²) < 4.78 is 4.69. The maximum atomic E-state index is 10.9. The number of carbonyl (C=O) groups is 1. The Kier molecular flexibility index (Phi) is 3.04. The lowest BCUT2D eigenvalue weighted by Gasteiger charge is -2.11. The number of hydrogen-bond donors (Lipinski definition) is 1. The summed E-state index contributed by atoms with van der Waals surface area (Å²) in [6, 6.07) is 0. The number of hydrazone groups is 1. The Hall–Kier alpha value is -1.32. The van der Waals surface area contributed by atoms with Gasteiger partial charge in [0.1, 0.15) is 0 Å². The van der Waals surface area contributed by atoms with E-state index in [4.69, 9.17) is 4.74 Å². The first-order chi connectivity index (χ1) is 7.29. The highest BCUT2D eigenvalue weighted by Crippen LogP contribution is 2.42. The minimum atomic E-state index is -0.479. The van der Waals surface area contributed by atoms with E-state index in [0.29, 0.717) is 18.4 Å². The first-order valence-electron chi connectivity index (χ1n) is 5.44. The number of rotatable bonds is 3. The second kappa shape index (κ2) is 4.47. The Bertz CT molecular complexity index is 299. The average Bonchev–Trinajstić information content (AvgIpc) is 2.79. The first kappa shape index (κ1) is 10.2. The van der Waals surface area contributed by atoms with Crippen molar-refractivity contribution in [1.29, 1.82) is 0 Å². The molecule has 0 spiro atoms. The average molecular weight is 208 g/mol. The molecule has 2 aliphatic rings. The number of allylic oxidation sites excluding steroid dienone is 2. The van der Waals surface area contributed by atoms with Gasteiger partial charge in [0.2, 0.25) is 0 Å². The van der Waals surface area contributed by atoms with Crippen LogP contribution in [0.25, 0.3) is 0 Å². The summed E-state index contributed by atoms with van der Waals surface area (Å²) in [5, 5.41) is 3.91. The summed E-state index contributed by atoms with van der Waals surface area (Å²) >= 11 is 0. The zero-order valence-electron chi connectivity index (χ0n) is 8.85. The summed E-state index contributed by atoms with van der Waals surface area (Å²) in [5.74, 6) is 1.85. The third-order valence-corrected chi connectivity index (χ3v) is 3.03. The fourth-order valence-corrected chi connectivity index (χ4v) is 2.34. The molecule has 0 aromatic rings. The molecule has 1 N–H and O–H groups in total.